The summed E-state index contributed by atoms with van der Waals surface area (Å²) in [5.74, 6) is 2.69. The molecule has 0 saturated heterocycles. The Morgan fingerprint density at radius 3 is 2.10 bits per heavy atom. The molecule has 0 aliphatic rings. The van der Waals surface area contributed by atoms with E-state index in [1.165, 1.54) is 0 Å². The van der Waals surface area contributed by atoms with Crippen molar-refractivity contribution in [3.8, 4) is 17.2 Å². The van der Waals surface area contributed by atoms with Crippen molar-refractivity contribution in [2.75, 3.05) is 48.0 Å². The predicted molar refractivity (Wildman–Crippen MR) is 133 cm³/mol. The number of rotatable bonds is 10. The highest BCUT2D eigenvalue weighted by Crippen LogP contribution is 2.27. The van der Waals surface area contributed by atoms with E-state index >= 15 is 0 Å². The van der Waals surface area contributed by atoms with Gasteiger partial charge in [0.25, 0.3) is 5.91 Å². The van der Waals surface area contributed by atoms with Crippen LogP contribution in [0, 0.1) is 0 Å². The minimum absolute atomic E-state index is 0. The first-order valence-electron chi connectivity index (χ1n) is 9.69. The van der Waals surface area contributed by atoms with Crippen molar-refractivity contribution >= 4 is 35.8 Å². The second kappa shape index (κ2) is 14.3. The number of benzene rings is 2. The van der Waals surface area contributed by atoms with Crippen LogP contribution < -0.4 is 30.2 Å². The summed E-state index contributed by atoms with van der Waals surface area (Å²) in [6, 6.07) is 12.9. The van der Waals surface area contributed by atoms with Gasteiger partial charge in [-0.25, -0.2) is 0 Å². The molecule has 0 spiro atoms. The van der Waals surface area contributed by atoms with Gasteiger partial charge in [-0.05, 0) is 48.4 Å². The van der Waals surface area contributed by atoms with E-state index in [1.54, 1.807) is 52.6 Å². The highest BCUT2D eigenvalue weighted by atomic mass is 127. The van der Waals surface area contributed by atoms with Gasteiger partial charge in [0.1, 0.15) is 5.75 Å². The molecule has 0 aliphatic heterocycles. The Bertz CT molecular complexity index is 844. The molecule has 9 heteroatoms. The molecule has 2 aromatic carbocycles. The molecule has 0 unspecified atom stereocenters. The number of guanidine groups is 1. The maximum Gasteiger partial charge on any atom is 0.251 e. The summed E-state index contributed by atoms with van der Waals surface area (Å²) < 4.78 is 15.7. The lowest BCUT2D eigenvalue weighted by atomic mass is 10.1. The Hall–Kier alpha value is -2.69. The third-order valence-corrected chi connectivity index (χ3v) is 4.43. The molecule has 0 bridgehead atoms. The van der Waals surface area contributed by atoms with Crippen molar-refractivity contribution in [3.63, 3.8) is 0 Å². The van der Waals surface area contributed by atoms with Gasteiger partial charge in [0.2, 0.25) is 0 Å². The van der Waals surface area contributed by atoms with Crippen molar-refractivity contribution in [1.29, 1.82) is 0 Å². The van der Waals surface area contributed by atoms with Crippen molar-refractivity contribution in [3.05, 3.63) is 53.6 Å². The molecule has 0 heterocycles. The first kappa shape index (κ1) is 26.3. The second-order valence-corrected chi connectivity index (χ2v) is 6.35. The van der Waals surface area contributed by atoms with Crippen LogP contribution in [0.1, 0.15) is 15.9 Å². The summed E-state index contributed by atoms with van der Waals surface area (Å²) in [7, 11) is 6.55. The molecule has 31 heavy (non-hydrogen) atoms. The summed E-state index contributed by atoms with van der Waals surface area (Å²) in [6.07, 6.45) is 0.801. The molecule has 0 aliphatic carbocycles. The molecule has 2 aromatic rings. The SMILES string of the molecule is CN=C(NCCNC(=O)c1ccc(OC)cc1)NCCc1ccc(OC)c(OC)c1.I. The molecule has 0 aromatic heterocycles. The second-order valence-electron chi connectivity index (χ2n) is 6.35. The van der Waals surface area contributed by atoms with Crippen molar-refractivity contribution in [2.24, 2.45) is 4.99 Å². The zero-order valence-corrected chi connectivity index (χ0v) is 20.7. The number of nitrogens with zero attached hydrogens (tertiary/aromatic N) is 1. The summed E-state index contributed by atoms with van der Waals surface area (Å²) in [5.41, 5.74) is 1.72. The Morgan fingerprint density at radius 1 is 0.839 bits per heavy atom. The highest BCUT2D eigenvalue weighted by molar-refractivity contribution is 14.0. The zero-order chi connectivity index (χ0) is 21.8. The molecule has 0 saturated carbocycles. The fourth-order valence-electron chi connectivity index (χ4n) is 2.78. The van der Waals surface area contributed by atoms with Gasteiger partial charge in [-0.15, -0.1) is 24.0 Å². The van der Waals surface area contributed by atoms with E-state index < -0.39 is 0 Å². The lowest BCUT2D eigenvalue weighted by Gasteiger charge is -2.13. The fourth-order valence-corrected chi connectivity index (χ4v) is 2.78. The van der Waals surface area contributed by atoms with E-state index in [9.17, 15) is 4.79 Å². The molecular weight excluding hydrogens is 511 g/mol. The monoisotopic (exact) mass is 542 g/mol. The number of hydrogen-bond acceptors (Lipinski definition) is 5. The van der Waals surface area contributed by atoms with E-state index in [0.29, 0.717) is 42.7 Å². The van der Waals surface area contributed by atoms with Crippen LogP contribution in [-0.2, 0) is 6.42 Å². The molecular formula is C22H31IN4O4. The Labute approximate surface area is 200 Å². The molecule has 0 atom stereocenters. The summed E-state index contributed by atoms with van der Waals surface area (Å²) >= 11 is 0. The molecule has 8 nitrogen and oxygen atoms in total. The minimum Gasteiger partial charge on any atom is -0.497 e. The van der Waals surface area contributed by atoms with Crippen molar-refractivity contribution in [2.45, 2.75) is 6.42 Å². The molecule has 1 amide bonds. The lowest BCUT2D eigenvalue weighted by Crippen LogP contribution is -2.42. The topological polar surface area (TPSA) is 93.2 Å². The molecule has 0 radical (unpaired) electrons. The third-order valence-electron chi connectivity index (χ3n) is 4.43. The largest absolute Gasteiger partial charge is 0.497 e. The number of aliphatic imine (C=N–C) groups is 1. The van der Waals surface area contributed by atoms with Crippen LogP contribution in [0.4, 0.5) is 0 Å². The van der Waals surface area contributed by atoms with Crippen LogP contribution in [0.2, 0.25) is 0 Å². The molecule has 3 N–H and O–H groups in total. The maximum absolute atomic E-state index is 12.1. The zero-order valence-electron chi connectivity index (χ0n) is 18.4. The highest BCUT2D eigenvalue weighted by Gasteiger charge is 2.06. The van der Waals surface area contributed by atoms with Crippen LogP contribution in [0.25, 0.3) is 0 Å². The molecule has 2 rings (SSSR count). The average molecular weight is 542 g/mol. The van der Waals surface area contributed by atoms with E-state index in [1.807, 2.05) is 18.2 Å². The van der Waals surface area contributed by atoms with Gasteiger partial charge in [-0.1, -0.05) is 6.07 Å². The van der Waals surface area contributed by atoms with Crippen LogP contribution in [0.5, 0.6) is 17.2 Å². The third kappa shape index (κ3) is 8.52. The first-order valence-corrected chi connectivity index (χ1v) is 9.69. The van der Waals surface area contributed by atoms with E-state index in [-0.39, 0.29) is 29.9 Å². The predicted octanol–water partition coefficient (Wildman–Crippen LogP) is 2.47. The Morgan fingerprint density at radius 2 is 1.48 bits per heavy atom. The summed E-state index contributed by atoms with van der Waals surface area (Å²) in [6.45, 7) is 1.73. The normalized spacial score (nSPS) is 10.5. The number of amides is 1. The van der Waals surface area contributed by atoms with Crippen LogP contribution >= 0.6 is 24.0 Å². The van der Waals surface area contributed by atoms with E-state index in [2.05, 4.69) is 20.9 Å². The van der Waals surface area contributed by atoms with E-state index in [4.69, 9.17) is 14.2 Å². The molecule has 0 fully saturated rings. The lowest BCUT2D eigenvalue weighted by molar-refractivity contribution is 0.0954. The number of carbonyl (C=O) groups is 1. The van der Waals surface area contributed by atoms with Gasteiger partial charge in [0, 0.05) is 32.2 Å². The number of nitrogens with one attached hydrogen (secondary N) is 3. The van der Waals surface area contributed by atoms with Gasteiger partial charge in [0.15, 0.2) is 17.5 Å². The standard InChI is InChI=1S/C22H30N4O4.HI/c1-23-22(25-12-11-16-5-10-19(29-3)20(15-16)30-4)26-14-13-24-21(27)17-6-8-18(28-2)9-7-17;/h5-10,15H,11-14H2,1-4H3,(H,24,27)(H2,23,25,26);1H. The first-order chi connectivity index (χ1) is 14.6. The van der Waals surface area contributed by atoms with Gasteiger partial charge < -0.3 is 30.2 Å². The Kier molecular flexibility index (Phi) is 12.2. The summed E-state index contributed by atoms with van der Waals surface area (Å²) in [5, 5.41) is 9.31. The van der Waals surface area contributed by atoms with Gasteiger partial charge in [-0.2, -0.15) is 0 Å². The van der Waals surface area contributed by atoms with Gasteiger partial charge in [-0.3, -0.25) is 9.79 Å². The fraction of sp³-hybridized carbons (Fsp3) is 0.364. The van der Waals surface area contributed by atoms with E-state index in [0.717, 1.165) is 17.7 Å². The maximum atomic E-state index is 12.1. The quantitative estimate of drug-likeness (QED) is 0.185. The number of hydrogen-bond donors (Lipinski definition) is 3. The van der Waals surface area contributed by atoms with Crippen molar-refractivity contribution in [1.82, 2.24) is 16.0 Å². The summed E-state index contributed by atoms with van der Waals surface area (Å²) in [4.78, 5) is 16.3. The van der Waals surface area contributed by atoms with Crippen LogP contribution in [0.3, 0.4) is 0 Å². The molecule has 170 valence electrons. The van der Waals surface area contributed by atoms with Gasteiger partial charge >= 0.3 is 0 Å². The van der Waals surface area contributed by atoms with Crippen LogP contribution in [-0.4, -0.2) is 59.9 Å². The number of ether oxygens (including phenoxy) is 3. The number of carbonyl (C=O) groups excluding carboxylic acids is 1. The van der Waals surface area contributed by atoms with Crippen LogP contribution in [0.15, 0.2) is 47.5 Å². The average Bonchev–Trinajstić information content (AvgIpc) is 2.80. The Balaban J connectivity index is 0.00000480. The smallest absolute Gasteiger partial charge is 0.251 e. The number of methoxy groups -OCH3 is 3. The minimum atomic E-state index is -0.129. The number of halogens is 1. The van der Waals surface area contributed by atoms with Crippen molar-refractivity contribution < 1.29 is 19.0 Å². The van der Waals surface area contributed by atoms with Gasteiger partial charge in [0.05, 0.1) is 21.3 Å².